The minimum Gasteiger partial charge on any atom is -0.464 e. The van der Waals surface area contributed by atoms with Gasteiger partial charge in [-0.05, 0) is 25.5 Å². The fourth-order valence-corrected chi connectivity index (χ4v) is 1.08. The lowest BCUT2D eigenvalue weighted by Crippen LogP contribution is -2.43. The van der Waals surface area contributed by atoms with Crippen LogP contribution in [0, 0.1) is 6.92 Å². The van der Waals surface area contributed by atoms with Crippen LogP contribution >= 0.6 is 0 Å². The van der Waals surface area contributed by atoms with Gasteiger partial charge in [0.25, 0.3) is 5.91 Å². The van der Waals surface area contributed by atoms with Gasteiger partial charge in [-0.3, -0.25) is 4.79 Å². The molecule has 0 fully saturated rings. The van der Waals surface area contributed by atoms with E-state index in [9.17, 15) is 9.59 Å². The highest BCUT2D eigenvalue weighted by Crippen LogP contribution is 2.04. The summed E-state index contributed by atoms with van der Waals surface area (Å²) in [6, 6.07) is 2.09. The Kier molecular flexibility index (Phi) is 4.59. The fourth-order valence-electron chi connectivity index (χ4n) is 1.08. The van der Waals surface area contributed by atoms with E-state index in [4.69, 9.17) is 5.73 Å². The quantitative estimate of drug-likeness (QED) is 0.577. The minimum atomic E-state index is -1.34. The van der Waals surface area contributed by atoms with E-state index < -0.39 is 17.9 Å². The maximum absolute atomic E-state index is 11.5. The van der Waals surface area contributed by atoms with E-state index in [2.05, 4.69) is 15.0 Å². The summed E-state index contributed by atoms with van der Waals surface area (Å²) in [5, 5.41) is 2.43. The highest BCUT2D eigenvalue weighted by Gasteiger charge is 2.23. The van der Waals surface area contributed by atoms with Crippen molar-refractivity contribution in [1.82, 2.24) is 4.98 Å². The van der Waals surface area contributed by atoms with E-state index in [0.29, 0.717) is 5.82 Å². The molecule has 0 saturated heterocycles. The third-order valence-corrected chi connectivity index (χ3v) is 1.99. The standard InChI is InChI=1S/C11H15N3O3/c1-3-17-11(16)9(12)10(15)14-8-5-4-7(2)6-13-8/h4-6,9H,3,12H2,1-2H3,(H,13,14,15). The number of carbonyl (C=O) groups excluding carboxylic acids is 2. The summed E-state index contributed by atoms with van der Waals surface area (Å²) in [6.45, 7) is 3.70. The molecule has 1 atom stereocenters. The van der Waals surface area contributed by atoms with Gasteiger partial charge >= 0.3 is 5.97 Å². The van der Waals surface area contributed by atoms with Gasteiger partial charge in [-0.25, -0.2) is 9.78 Å². The number of nitrogens with zero attached hydrogens (tertiary/aromatic N) is 1. The molecule has 3 N–H and O–H groups in total. The van der Waals surface area contributed by atoms with E-state index in [1.807, 2.05) is 6.92 Å². The first-order valence-electron chi connectivity index (χ1n) is 5.20. The van der Waals surface area contributed by atoms with Crippen LogP contribution in [0.5, 0.6) is 0 Å². The van der Waals surface area contributed by atoms with Crippen LogP contribution in [0.1, 0.15) is 12.5 Å². The van der Waals surface area contributed by atoms with Gasteiger partial charge < -0.3 is 15.8 Å². The Hall–Kier alpha value is -1.95. The average molecular weight is 237 g/mol. The van der Waals surface area contributed by atoms with Crippen molar-refractivity contribution in [2.45, 2.75) is 19.9 Å². The molecule has 6 nitrogen and oxygen atoms in total. The number of pyridine rings is 1. The lowest BCUT2D eigenvalue weighted by Gasteiger charge is -2.10. The molecule has 1 aromatic heterocycles. The third-order valence-electron chi connectivity index (χ3n) is 1.99. The van der Waals surface area contributed by atoms with E-state index in [1.165, 1.54) is 0 Å². The van der Waals surface area contributed by atoms with Crippen LogP contribution < -0.4 is 11.1 Å². The molecule has 1 heterocycles. The molecular formula is C11H15N3O3. The van der Waals surface area contributed by atoms with E-state index >= 15 is 0 Å². The molecule has 1 amide bonds. The Balaban J connectivity index is 2.59. The fraction of sp³-hybridized carbons (Fsp3) is 0.364. The van der Waals surface area contributed by atoms with Crippen LogP contribution in [-0.4, -0.2) is 29.5 Å². The molecular weight excluding hydrogens is 222 g/mol. The molecule has 0 radical (unpaired) electrons. The molecule has 6 heteroatoms. The Morgan fingerprint density at radius 3 is 2.76 bits per heavy atom. The van der Waals surface area contributed by atoms with Gasteiger partial charge in [0.1, 0.15) is 5.82 Å². The molecule has 1 aromatic rings. The van der Waals surface area contributed by atoms with E-state index in [1.54, 1.807) is 25.3 Å². The SMILES string of the molecule is CCOC(=O)C(N)C(=O)Nc1ccc(C)cn1. The number of aromatic nitrogens is 1. The topological polar surface area (TPSA) is 94.3 Å². The number of anilines is 1. The second kappa shape index (κ2) is 5.95. The zero-order valence-corrected chi connectivity index (χ0v) is 9.77. The highest BCUT2D eigenvalue weighted by molar-refractivity contribution is 6.07. The first-order valence-corrected chi connectivity index (χ1v) is 5.20. The summed E-state index contributed by atoms with van der Waals surface area (Å²) in [5.74, 6) is -1.04. The number of ether oxygens (including phenoxy) is 1. The van der Waals surface area contributed by atoms with Crippen LogP contribution in [0.25, 0.3) is 0 Å². The molecule has 0 bridgehead atoms. The molecule has 1 unspecified atom stereocenters. The van der Waals surface area contributed by atoms with Crippen molar-refractivity contribution < 1.29 is 14.3 Å². The largest absolute Gasteiger partial charge is 0.464 e. The van der Waals surface area contributed by atoms with E-state index in [-0.39, 0.29) is 6.61 Å². The number of amides is 1. The zero-order chi connectivity index (χ0) is 12.8. The number of hydrogen-bond donors (Lipinski definition) is 2. The highest BCUT2D eigenvalue weighted by atomic mass is 16.5. The minimum absolute atomic E-state index is 0.183. The van der Waals surface area contributed by atoms with Gasteiger partial charge in [0, 0.05) is 6.20 Å². The van der Waals surface area contributed by atoms with Gasteiger partial charge in [0.05, 0.1) is 6.61 Å². The number of hydrogen-bond acceptors (Lipinski definition) is 5. The summed E-state index contributed by atoms with van der Waals surface area (Å²) in [7, 11) is 0. The van der Waals surface area contributed by atoms with E-state index in [0.717, 1.165) is 5.56 Å². The molecule has 17 heavy (non-hydrogen) atoms. The Labute approximate surface area is 99.2 Å². The number of carbonyl (C=O) groups is 2. The smallest absolute Gasteiger partial charge is 0.332 e. The van der Waals surface area contributed by atoms with Crippen molar-refractivity contribution in [3.63, 3.8) is 0 Å². The van der Waals surface area contributed by atoms with Crippen molar-refractivity contribution in [3.05, 3.63) is 23.9 Å². The lowest BCUT2D eigenvalue weighted by atomic mass is 10.3. The number of rotatable bonds is 4. The van der Waals surface area contributed by atoms with Gasteiger partial charge in [-0.15, -0.1) is 0 Å². The average Bonchev–Trinajstić information content (AvgIpc) is 2.31. The Morgan fingerprint density at radius 1 is 1.53 bits per heavy atom. The van der Waals surface area contributed by atoms with Crippen LogP contribution in [-0.2, 0) is 14.3 Å². The van der Waals surface area contributed by atoms with Gasteiger partial charge in [0.15, 0.2) is 6.04 Å². The second-order valence-corrected chi connectivity index (χ2v) is 3.44. The summed E-state index contributed by atoms with van der Waals surface area (Å²) in [6.07, 6.45) is 1.60. The number of nitrogens with one attached hydrogen (secondary N) is 1. The monoisotopic (exact) mass is 237 g/mol. The molecule has 0 spiro atoms. The number of aryl methyl sites for hydroxylation is 1. The Morgan fingerprint density at radius 2 is 2.24 bits per heavy atom. The first-order chi connectivity index (χ1) is 8.04. The molecule has 0 aliphatic carbocycles. The molecule has 0 aliphatic rings. The van der Waals surface area contributed by atoms with Crippen molar-refractivity contribution in [2.75, 3.05) is 11.9 Å². The second-order valence-electron chi connectivity index (χ2n) is 3.44. The summed E-state index contributed by atoms with van der Waals surface area (Å²) >= 11 is 0. The molecule has 0 saturated carbocycles. The predicted molar refractivity (Wildman–Crippen MR) is 62.2 cm³/mol. The zero-order valence-electron chi connectivity index (χ0n) is 9.77. The van der Waals surface area contributed by atoms with Crippen LogP contribution in [0.3, 0.4) is 0 Å². The predicted octanol–water partition coefficient (Wildman–Crippen LogP) is 0.219. The number of esters is 1. The van der Waals surface area contributed by atoms with Gasteiger partial charge in [-0.2, -0.15) is 0 Å². The normalized spacial score (nSPS) is 11.7. The molecule has 0 aromatic carbocycles. The third kappa shape index (κ3) is 3.84. The molecule has 0 aliphatic heterocycles. The maximum atomic E-state index is 11.5. The van der Waals surface area contributed by atoms with Gasteiger partial charge in [-0.1, -0.05) is 6.07 Å². The van der Waals surface area contributed by atoms with Crippen LogP contribution in [0.4, 0.5) is 5.82 Å². The lowest BCUT2D eigenvalue weighted by molar-refractivity contribution is -0.146. The van der Waals surface area contributed by atoms with Crippen molar-refractivity contribution >= 4 is 17.7 Å². The van der Waals surface area contributed by atoms with Crippen molar-refractivity contribution in [1.29, 1.82) is 0 Å². The van der Waals surface area contributed by atoms with Crippen molar-refractivity contribution in [3.8, 4) is 0 Å². The van der Waals surface area contributed by atoms with Crippen LogP contribution in [0.2, 0.25) is 0 Å². The van der Waals surface area contributed by atoms with Crippen molar-refractivity contribution in [2.24, 2.45) is 5.73 Å². The van der Waals surface area contributed by atoms with Gasteiger partial charge in [0.2, 0.25) is 0 Å². The molecule has 92 valence electrons. The summed E-state index contributed by atoms with van der Waals surface area (Å²) < 4.78 is 4.64. The summed E-state index contributed by atoms with van der Waals surface area (Å²) in [4.78, 5) is 26.7. The number of nitrogens with two attached hydrogens (primary N) is 1. The summed E-state index contributed by atoms with van der Waals surface area (Å²) in [5.41, 5.74) is 6.38. The van der Waals surface area contributed by atoms with Crippen LogP contribution in [0.15, 0.2) is 18.3 Å². The maximum Gasteiger partial charge on any atom is 0.332 e. The first kappa shape index (κ1) is 13.1. The Bertz CT molecular complexity index is 403. The molecule has 1 rings (SSSR count).